The summed E-state index contributed by atoms with van der Waals surface area (Å²) in [6, 6.07) is 18.7. The number of nitrogens with zero attached hydrogens (tertiary/aromatic N) is 2. The average Bonchev–Trinajstić information content (AvgIpc) is 3.04. The van der Waals surface area contributed by atoms with E-state index in [1.54, 1.807) is 18.3 Å². The van der Waals surface area contributed by atoms with Gasteiger partial charge in [0.25, 0.3) is 0 Å². The first kappa shape index (κ1) is 33.2. The number of alkyl halides is 6. The number of hydrogen-bond acceptors (Lipinski definition) is 4. The number of ether oxygens (including phenoxy) is 1. The maximum Gasteiger partial charge on any atom is 0.416 e. The third-order valence-corrected chi connectivity index (χ3v) is 9.47. The molecule has 0 saturated carbocycles. The summed E-state index contributed by atoms with van der Waals surface area (Å²) in [7, 11) is 0. The van der Waals surface area contributed by atoms with Crippen LogP contribution in [0.5, 0.6) is 0 Å². The lowest BCUT2D eigenvalue weighted by atomic mass is 9.72. The van der Waals surface area contributed by atoms with Crippen LogP contribution in [0.4, 0.5) is 37.7 Å². The number of fused-ring (bicyclic) bond motifs is 4. The van der Waals surface area contributed by atoms with Crippen molar-refractivity contribution in [2.75, 3.05) is 23.7 Å². The molecule has 4 heterocycles. The molecule has 1 unspecified atom stereocenters. The van der Waals surface area contributed by atoms with Gasteiger partial charge in [0.1, 0.15) is 0 Å². The van der Waals surface area contributed by atoms with Crippen LogP contribution in [0.25, 0.3) is 10.9 Å². The first-order chi connectivity index (χ1) is 22.4. The lowest BCUT2D eigenvalue weighted by molar-refractivity contribution is -0.143. The predicted octanol–water partition coefficient (Wildman–Crippen LogP) is 9.46. The van der Waals surface area contributed by atoms with Crippen LogP contribution in [0.15, 0.2) is 79.0 Å². The maximum atomic E-state index is 13.4. The topological polar surface area (TPSA) is 49.4 Å². The molecule has 5 atom stereocenters. The Bertz CT molecular complexity index is 1700. The number of piperidine rings is 3. The summed E-state index contributed by atoms with van der Waals surface area (Å²) in [5, 5.41) is 6.06. The monoisotopic (exact) mass is 672 g/mol. The van der Waals surface area contributed by atoms with Gasteiger partial charge in [-0.3, -0.25) is 9.88 Å². The molecule has 3 aromatic carbocycles. The Kier molecular flexibility index (Phi) is 9.46. The molecule has 3 fully saturated rings. The summed E-state index contributed by atoms with van der Waals surface area (Å²) in [6.07, 6.45) is -5.13. The standard InChI is InChI=1S/C35H34F6N4OS/c1-2-22-19-45-13-11-23(22)14-31(45)32(46-20-21-6-4-3-5-7-21)28-10-12-42-30-9-8-26(18-29(28)30)43-33(47)44-27-16-24(34(36,37)38)15-25(17-27)35(39,40)41/h3-10,12,15-18,22-23,31-32H,2,11,13-14,19-20H2,1H3,(H2,43,44,47)/t22-,23-,31+,32+/m0/s1. The van der Waals surface area contributed by atoms with E-state index in [0.717, 1.165) is 48.0 Å². The highest BCUT2D eigenvalue weighted by Crippen LogP contribution is 2.44. The van der Waals surface area contributed by atoms with E-state index in [0.29, 0.717) is 36.3 Å². The number of benzene rings is 3. The fourth-order valence-corrected chi connectivity index (χ4v) is 7.18. The molecule has 5 nitrogen and oxygen atoms in total. The third kappa shape index (κ3) is 7.55. The highest BCUT2D eigenvalue weighted by atomic mass is 32.1. The van der Waals surface area contributed by atoms with E-state index in [1.165, 1.54) is 6.42 Å². The summed E-state index contributed by atoms with van der Waals surface area (Å²) in [6.45, 7) is 4.71. The molecule has 47 heavy (non-hydrogen) atoms. The minimum Gasteiger partial charge on any atom is -0.367 e. The highest BCUT2D eigenvalue weighted by molar-refractivity contribution is 7.80. The number of nitrogens with one attached hydrogen (secondary N) is 2. The summed E-state index contributed by atoms with van der Waals surface area (Å²) < 4.78 is 87.0. The van der Waals surface area contributed by atoms with Crippen LogP contribution in [0.1, 0.15) is 54.5 Å². The van der Waals surface area contributed by atoms with Crippen molar-refractivity contribution >= 4 is 39.6 Å². The quantitative estimate of drug-likeness (QED) is 0.144. The van der Waals surface area contributed by atoms with Crippen molar-refractivity contribution in [1.29, 1.82) is 0 Å². The van der Waals surface area contributed by atoms with Gasteiger partial charge >= 0.3 is 12.4 Å². The van der Waals surface area contributed by atoms with E-state index in [1.807, 2.05) is 42.5 Å². The fraction of sp³-hybridized carbons (Fsp3) is 0.371. The Morgan fingerprint density at radius 2 is 1.64 bits per heavy atom. The number of halogens is 6. The molecule has 3 aliphatic heterocycles. The molecule has 2 N–H and O–H groups in total. The fourth-order valence-electron chi connectivity index (χ4n) is 6.94. The van der Waals surface area contributed by atoms with Crippen LogP contribution in [0.3, 0.4) is 0 Å². The minimum absolute atomic E-state index is 0.0763. The second-order valence-corrected chi connectivity index (χ2v) is 12.6. The van der Waals surface area contributed by atoms with Gasteiger partial charge in [-0.1, -0.05) is 43.7 Å². The number of anilines is 2. The van der Waals surface area contributed by atoms with E-state index < -0.39 is 29.2 Å². The van der Waals surface area contributed by atoms with Crippen LogP contribution in [-0.4, -0.2) is 34.1 Å². The van der Waals surface area contributed by atoms with Gasteiger partial charge in [-0.25, -0.2) is 0 Å². The Labute approximate surface area is 274 Å². The molecule has 4 aromatic rings. The number of hydrogen-bond donors (Lipinski definition) is 2. The average molecular weight is 673 g/mol. The maximum absolute atomic E-state index is 13.4. The first-order valence-corrected chi connectivity index (χ1v) is 16.0. The van der Waals surface area contributed by atoms with Crippen LogP contribution < -0.4 is 10.6 Å². The van der Waals surface area contributed by atoms with E-state index in [2.05, 4.69) is 27.4 Å². The first-order valence-electron chi connectivity index (χ1n) is 15.5. The normalized spacial score (nSPS) is 21.9. The van der Waals surface area contributed by atoms with E-state index >= 15 is 0 Å². The molecule has 3 aliphatic rings. The molecule has 1 aromatic heterocycles. The second-order valence-electron chi connectivity index (χ2n) is 12.2. The number of pyridine rings is 1. The van der Waals surface area contributed by atoms with Gasteiger partial charge in [0.05, 0.1) is 29.4 Å². The molecule has 7 rings (SSSR count). The van der Waals surface area contributed by atoms with Crippen LogP contribution in [0.2, 0.25) is 0 Å². The van der Waals surface area contributed by atoms with Gasteiger partial charge in [0, 0.05) is 35.5 Å². The molecule has 0 aliphatic carbocycles. The van der Waals surface area contributed by atoms with Crippen LogP contribution >= 0.6 is 12.2 Å². The van der Waals surface area contributed by atoms with Gasteiger partial charge in [0.15, 0.2) is 5.11 Å². The highest BCUT2D eigenvalue weighted by Gasteiger charge is 2.43. The van der Waals surface area contributed by atoms with Gasteiger partial charge in [-0.15, -0.1) is 0 Å². The zero-order valence-electron chi connectivity index (χ0n) is 25.5. The summed E-state index contributed by atoms with van der Waals surface area (Å²) in [4.78, 5) is 7.10. The molecule has 0 spiro atoms. The van der Waals surface area contributed by atoms with Crippen molar-refractivity contribution in [1.82, 2.24) is 9.88 Å². The van der Waals surface area contributed by atoms with Crippen LogP contribution in [0, 0.1) is 11.8 Å². The zero-order valence-corrected chi connectivity index (χ0v) is 26.4. The lowest BCUT2D eigenvalue weighted by Gasteiger charge is -2.52. The number of rotatable bonds is 8. The summed E-state index contributed by atoms with van der Waals surface area (Å²) in [5.74, 6) is 1.29. The van der Waals surface area contributed by atoms with Crippen molar-refractivity contribution in [3.8, 4) is 0 Å². The molecule has 248 valence electrons. The molecule has 2 bridgehead atoms. The Morgan fingerprint density at radius 3 is 2.28 bits per heavy atom. The Morgan fingerprint density at radius 1 is 0.936 bits per heavy atom. The minimum atomic E-state index is -4.97. The van der Waals surface area contributed by atoms with Gasteiger partial charge < -0.3 is 15.4 Å². The zero-order chi connectivity index (χ0) is 33.3. The van der Waals surface area contributed by atoms with Gasteiger partial charge in [-0.05, 0) is 97.0 Å². The van der Waals surface area contributed by atoms with Crippen molar-refractivity contribution in [3.63, 3.8) is 0 Å². The predicted molar refractivity (Wildman–Crippen MR) is 174 cm³/mol. The number of aromatic nitrogens is 1. The lowest BCUT2D eigenvalue weighted by Crippen LogP contribution is -2.55. The SMILES string of the molecule is CC[C@H]1CN2CC[C@H]1C[C@@H]2[C@H](OCc1ccccc1)c1ccnc2ccc(NC(=S)Nc3cc(C(F)(F)F)cc(C(F)(F)F)c3)cc12. The Balaban J connectivity index is 1.29. The third-order valence-electron chi connectivity index (χ3n) is 9.27. The van der Waals surface area contributed by atoms with E-state index in [9.17, 15) is 26.3 Å². The smallest absolute Gasteiger partial charge is 0.367 e. The molecular formula is C35H34F6N4OS. The molecular weight excluding hydrogens is 638 g/mol. The van der Waals surface area contributed by atoms with Gasteiger partial charge in [0.2, 0.25) is 0 Å². The second kappa shape index (κ2) is 13.4. The van der Waals surface area contributed by atoms with Crippen LogP contribution in [-0.2, 0) is 23.7 Å². The largest absolute Gasteiger partial charge is 0.416 e. The van der Waals surface area contributed by atoms with Crippen molar-refractivity contribution in [2.45, 2.75) is 57.3 Å². The van der Waals surface area contributed by atoms with Crippen molar-refractivity contribution in [2.24, 2.45) is 11.8 Å². The van der Waals surface area contributed by atoms with Crippen molar-refractivity contribution in [3.05, 3.63) is 101 Å². The molecule has 0 amide bonds. The molecule has 3 saturated heterocycles. The number of thiocarbonyl (C=S) groups is 1. The molecule has 0 radical (unpaired) electrons. The van der Waals surface area contributed by atoms with E-state index in [4.69, 9.17) is 17.0 Å². The van der Waals surface area contributed by atoms with Crippen molar-refractivity contribution < 1.29 is 31.1 Å². The summed E-state index contributed by atoms with van der Waals surface area (Å²) >= 11 is 5.32. The van der Waals surface area contributed by atoms with E-state index in [-0.39, 0.29) is 23.3 Å². The molecule has 12 heteroatoms. The van der Waals surface area contributed by atoms with Gasteiger partial charge in [-0.2, -0.15) is 26.3 Å². The Hall–Kier alpha value is -3.74. The summed E-state index contributed by atoms with van der Waals surface area (Å²) in [5.41, 5.74) is -0.0852.